The Bertz CT molecular complexity index is 278. The van der Waals surface area contributed by atoms with Crippen molar-refractivity contribution in [3.8, 4) is 0 Å². The molecular formula is C9H15BrN2S2. The predicted molar refractivity (Wildman–Crippen MR) is 69.2 cm³/mol. The second kappa shape index (κ2) is 6.10. The Morgan fingerprint density at radius 1 is 1.64 bits per heavy atom. The van der Waals surface area contributed by atoms with Crippen molar-refractivity contribution < 1.29 is 0 Å². The van der Waals surface area contributed by atoms with Gasteiger partial charge in [0.1, 0.15) is 5.01 Å². The van der Waals surface area contributed by atoms with Gasteiger partial charge in [0.25, 0.3) is 0 Å². The van der Waals surface area contributed by atoms with Crippen molar-refractivity contribution in [3.05, 3.63) is 15.0 Å². The van der Waals surface area contributed by atoms with Gasteiger partial charge in [0.05, 0.1) is 16.0 Å². The van der Waals surface area contributed by atoms with Crippen molar-refractivity contribution in [1.82, 2.24) is 10.3 Å². The highest BCUT2D eigenvalue weighted by Gasteiger charge is 2.11. The number of nitrogens with one attached hydrogen (secondary N) is 1. The molecule has 14 heavy (non-hydrogen) atoms. The average Bonchev–Trinajstić information content (AvgIpc) is 2.52. The molecule has 2 nitrogen and oxygen atoms in total. The summed E-state index contributed by atoms with van der Waals surface area (Å²) in [5, 5.41) is 4.66. The molecule has 5 heteroatoms. The van der Waals surface area contributed by atoms with Gasteiger partial charge in [0.2, 0.25) is 0 Å². The highest BCUT2D eigenvalue weighted by atomic mass is 79.9. The van der Waals surface area contributed by atoms with Gasteiger partial charge in [-0.1, -0.05) is 0 Å². The van der Waals surface area contributed by atoms with Crippen LogP contribution in [0.2, 0.25) is 0 Å². The van der Waals surface area contributed by atoms with Crippen LogP contribution in [0.3, 0.4) is 0 Å². The third-order valence-electron chi connectivity index (χ3n) is 1.82. The first-order chi connectivity index (χ1) is 6.63. The molecule has 0 amide bonds. The van der Waals surface area contributed by atoms with Gasteiger partial charge < -0.3 is 5.32 Å². The van der Waals surface area contributed by atoms with Crippen molar-refractivity contribution in [3.63, 3.8) is 0 Å². The topological polar surface area (TPSA) is 24.9 Å². The molecular weight excluding hydrogens is 280 g/mol. The normalized spacial score (nSPS) is 15.4. The van der Waals surface area contributed by atoms with E-state index in [-0.39, 0.29) is 0 Å². The fourth-order valence-corrected chi connectivity index (χ4v) is 3.11. The lowest BCUT2D eigenvalue weighted by Gasteiger charge is -2.17. The standard InChI is InChI=1S/C9H15BrN2S2/c1-6(5-13-3)12-7(2)9-11-4-8(10)14-9/h4,6-7,12H,5H2,1-3H3. The molecule has 2 unspecified atom stereocenters. The van der Waals surface area contributed by atoms with Crippen molar-refractivity contribution in [2.45, 2.75) is 25.9 Å². The minimum atomic E-state index is 0.341. The first-order valence-electron chi connectivity index (χ1n) is 4.49. The van der Waals surface area contributed by atoms with Crippen LogP contribution >= 0.6 is 39.0 Å². The fourth-order valence-electron chi connectivity index (χ4n) is 1.26. The predicted octanol–water partition coefficient (Wildman–Crippen LogP) is 3.31. The summed E-state index contributed by atoms with van der Waals surface area (Å²) in [7, 11) is 0. The van der Waals surface area contributed by atoms with Crippen LogP contribution in [0.25, 0.3) is 0 Å². The molecule has 0 aliphatic heterocycles. The van der Waals surface area contributed by atoms with Crippen molar-refractivity contribution in [2.24, 2.45) is 0 Å². The first kappa shape index (κ1) is 12.5. The van der Waals surface area contributed by atoms with Crippen LogP contribution in [0.4, 0.5) is 0 Å². The maximum absolute atomic E-state index is 4.33. The summed E-state index contributed by atoms with van der Waals surface area (Å²) in [4.78, 5) is 4.33. The van der Waals surface area contributed by atoms with Crippen LogP contribution in [0.15, 0.2) is 9.98 Å². The van der Waals surface area contributed by atoms with E-state index in [0.29, 0.717) is 12.1 Å². The quantitative estimate of drug-likeness (QED) is 0.902. The molecule has 1 rings (SSSR count). The molecule has 1 aromatic heterocycles. The molecule has 1 heterocycles. The summed E-state index contributed by atoms with van der Waals surface area (Å²) in [5.74, 6) is 1.14. The van der Waals surface area contributed by atoms with E-state index in [1.165, 1.54) is 0 Å². The molecule has 0 fully saturated rings. The molecule has 0 radical (unpaired) electrons. The molecule has 0 bridgehead atoms. The van der Waals surface area contributed by atoms with E-state index in [9.17, 15) is 0 Å². The van der Waals surface area contributed by atoms with Crippen molar-refractivity contribution in [1.29, 1.82) is 0 Å². The van der Waals surface area contributed by atoms with Crippen molar-refractivity contribution >= 4 is 39.0 Å². The van der Waals surface area contributed by atoms with Crippen LogP contribution in [-0.4, -0.2) is 23.0 Å². The van der Waals surface area contributed by atoms with Crippen LogP contribution < -0.4 is 5.32 Å². The maximum atomic E-state index is 4.33. The number of halogens is 1. The number of thioether (sulfide) groups is 1. The molecule has 0 aromatic carbocycles. The summed E-state index contributed by atoms with van der Waals surface area (Å²) in [5.41, 5.74) is 0. The highest BCUT2D eigenvalue weighted by Crippen LogP contribution is 2.24. The Kier molecular flexibility index (Phi) is 5.44. The molecule has 0 aliphatic carbocycles. The van der Waals surface area contributed by atoms with E-state index >= 15 is 0 Å². The zero-order valence-electron chi connectivity index (χ0n) is 8.58. The third-order valence-corrected chi connectivity index (χ3v) is 4.31. The minimum absolute atomic E-state index is 0.341. The number of nitrogens with zero attached hydrogens (tertiary/aromatic N) is 1. The van der Waals surface area contributed by atoms with Crippen molar-refractivity contribution in [2.75, 3.05) is 12.0 Å². The van der Waals surface area contributed by atoms with E-state index < -0.39 is 0 Å². The monoisotopic (exact) mass is 294 g/mol. The molecule has 2 atom stereocenters. The zero-order valence-corrected chi connectivity index (χ0v) is 11.8. The number of hydrogen-bond donors (Lipinski definition) is 1. The van der Waals surface area contributed by atoms with E-state index in [1.807, 2.05) is 18.0 Å². The number of aromatic nitrogens is 1. The van der Waals surface area contributed by atoms with Gasteiger partial charge in [0.15, 0.2) is 0 Å². The minimum Gasteiger partial charge on any atom is -0.305 e. The van der Waals surface area contributed by atoms with E-state index in [0.717, 1.165) is 14.5 Å². The second-order valence-electron chi connectivity index (χ2n) is 3.25. The molecule has 0 saturated heterocycles. The Labute approximate surface area is 102 Å². The lowest BCUT2D eigenvalue weighted by molar-refractivity contribution is 0.509. The number of thiazole rings is 1. The SMILES string of the molecule is CSCC(C)NC(C)c1ncc(Br)s1. The lowest BCUT2D eigenvalue weighted by atomic mass is 10.3. The summed E-state index contributed by atoms with van der Waals surface area (Å²) in [6.45, 7) is 4.36. The van der Waals surface area contributed by atoms with E-state index in [1.54, 1.807) is 11.3 Å². The second-order valence-corrected chi connectivity index (χ2v) is 6.60. The Morgan fingerprint density at radius 3 is 2.86 bits per heavy atom. The Balaban J connectivity index is 2.45. The summed E-state index contributed by atoms with van der Waals surface area (Å²) in [6, 6.07) is 0.871. The van der Waals surface area contributed by atoms with Gasteiger partial charge in [-0.05, 0) is 36.0 Å². The Hall–Kier alpha value is 0.420. The maximum Gasteiger partial charge on any atom is 0.110 e. The number of hydrogen-bond acceptors (Lipinski definition) is 4. The zero-order chi connectivity index (χ0) is 10.6. The molecule has 0 aliphatic rings. The fraction of sp³-hybridized carbons (Fsp3) is 0.667. The van der Waals surface area contributed by atoms with E-state index in [4.69, 9.17) is 0 Å². The summed E-state index contributed by atoms with van der Waals surface area (Å²) in [6.07, 6.45) is 3.99. The first-order valence-corrected chi connectivity index (χ1v) is 7.50. The van der Waals surface area contributed by atoms with Crippen LogP contribution in [-0.2, 0) is 0 Å². The third kappa shape index (κ3) is 3.88. The molecule has 0 saturated carbocycles. The summed E-state index contributed by atoms with van der Waals surface area (Å²) < 4.78 is 1.10. The van der Waals surface area contributed by atoms with Crippen LogP contribution in [0, 0.1) is 0 Å². The van der Waals surface area contributed by atoms with Gasteiger partial charge in [-0.15, -0.1) is 11.3 Å². The largest absolute Gasteiger partial charge is 0.305 e. The Morgan fingerprint density at radius 2 is 2.36 bits per heavy atom. The van der Waals surface area contributed by atoms with Gasteiger partial charge in [-0.2, -0.15) is 11.8 Å². The molecule has 0 spiro atoms. The van der Waals surface area contributed by atoms with Gasteiger partial charge in [0, 0.05) is 11.8 Å². The van der Waals surface area contributed by atoms with Gasteiger partial charge in [-0.25, -0.2) is 4.98 Å². The lowest BCUT2D eigenvalue weighted by Crippen LogP contribution is -2.30. The molecule has 80 valence electrons. The molecule has 1 aromatic rings. The number of rotatable bonds is 5. The van der Waals surface area contributed by atoms with E-state index in [2.05, 4.69) is 46.3 Å². The summed E-state index contributed by atoms with van der Waals surface area (Å²) >= 11 is 6.98. The average molecular weight is 295 g/mol. The molecule has 1 N–H and O–H groups in total. The van der Waals surface area contributed by atoms with Crippen LogP contribution in [0.1, 0.15) is 24.9 Å². The highest BCUT2D eigenvalue weighted by molar-refractivity contribution is 9.11. The smallest absolute Gasteiger partial charge is 0.110 e. The van der Waals surface area contributed by atoms with Gasteiger partial charge >= 0.3 is 0 Å². The van der Waals surface area contributed by atoms with Gasteiger partial charge in [-0.3, -0.25) is 0 Å². The van der Waals surface area contributed by atoms with Crippen LogP contribution in [0.5, 0.6) is 0 Å².